The van der Waals surface area contributed by atoms with Gasteiger partial charge in [-0.25, -0.2) is 0 Å². The topological polar surface area (TPSA) is 50.8 Å². The number of nitriles is 2. The summed E-state index contributed by atoms with van der Waals surface area (Å²) >= 11 is 0. The standard InChI is InChI=1S/C12H19N3/c1-12(11-14)5-9-15(10-6-12)8-4-2-3-7-13/h2-6,8-10H2,1H3. The minimum absolute atomic E-state index is 0.0941. The van der Waals surface area contributed by atoms with Crippen LogP contribution >= 0.6 is 0 Å². The van der Waals surface area contributed by atoms with Crippen molar-refractivity contribution in [2.24, 2.45) is 5.41 Å². The van der Waals surface area contributed by atoms with Gasteiger partial charge in [0.2, 0.25) is 0 Å². The maximum absolute atomic E-state index is 8.98. The van der Waals surface area contributed by atoms with Crippen LogP contribution in [-0.2, 0) is 0 Å². The van der Waals surface area contributed by atoms with Gasteiger partial charge in [-0.2, -0.15) is 10.5 Å². The quantitative estimate of drug-likeness (QED) is 0.662. The monoisotopic (exact) mass is 205 g/mol. The SMILES string of the molecule is CC1(C#N)CCN(CCCCC#N)CC1. The van der Waals surface area contributed by atoms with Crippen LogP contribution in [0.15, 0.2) is 0 Å². The third kappa shape index (κ3) is 3.90. The number of nitrogens with zero attached hydrogens (tertiary/aromatic N) is 3. The molecule has 0 spiro atoms. The summed E-state index contributed by atoms with van der Waals surface area (Å²) in [5.41, 5.74) is -0.0941. The molecule has 0 saturated carbocycles. The van der Waals surface area contributed by atoms with Crippen molar-refractivity contribution in [1.82, 2.24) is 4.90 Å². The summed E-state index contributed by atoms with van der Waals surface area (Å²) < 4.78 is 0. The molecule has 3 heteroatoms. The normalized spacial score (nSPS) is 20.5. The first kappa shape index (κ1) is 12.0. The molecular weight excluding hydrogens is 186 g/mol. The predicted octanol–water partition coefficient (Wildman–Crippen LogP) is 2.31. The van der Waals surface area contributed by atoms with E-state index in [0.29, 0.717) is 6.42 Å². The van der Waals surface area contributed by atoms with Crippen LogP contribution < -0.4 is 0 Å². The number of hydrogen-bond donors (Lipinski definition) is 0. The molecule has 15 heavy (non-hydrogen) atoms. The highest BCUT2D eigenvalue weighted by molar-refractivity contribution is 4.98. The molecule has 0 aromatic rings. The summed E-state index contributed by atoms with van der Waals surface area (Å²) in [7, 11) is 0. The molecule has 0 bridgehead atoms. The van der Waals surface area contributed by atoms with E-state index in [1.54, 1.807) is 0 Å². The fourth-order valence-corrected chi connectivity index (χ4v) is 1.92. The summed E-state index contributed by atoms with van der Waals surface area (Å²) in [6.45, 7) is 5.22. The van der Waals surface area contributed by atoms with Crippen LogP contribution in [0.5, 0.6) is 0 Å². The number of unbranched alkanes of at least 4 members (excludes halogenated alkanes) is 2. The number of piperidine rings is 1. The first-order chi connectivity index (χ1) is 7.20. The van der Waals surface area contributed by atoms with E-state index in [2.05, 4.69) is 24.0 Å². The van der Waals surface area contributed by atoms with Gasteiger partial charge in [-0.05, 0) is 52.2 Å². The Hall–Kier alpha value is -1.06. The minimum Gasteiger partial charge on any atom is -0.303 e. The molecule has 0 N–H and O–H groups in total. The average molecular weight is 205 g/mol. The highest BCUT2D eigenvalue weighted by Gasteiger charge is 2.29. The van der Waals surface area contributed by atoms with Crippen molar-refractivity contribution in [3.8, 4) is 12.1 Å². The van der Waals surface area contributed by atoms with E-state index in [-0.39, 0.29) is 5.41 Å². The molecule has 0 radical (unpaired) electrons. The Balaban J connectivity index is 2.16. The van der Waals surface area contributed by atoms with E-state index >= 15 is 0 Å². The maximum atomic E-state index is 8.98. The van der Waals surface area contributed by atoms with Crippen LogP contribution in [-0.4, -0.2) is 24.5 Å². The van der Waals surface area contributed by atoms with Gasteiger partial charge in [-0.1, -0.05) is 0 Å². The molecule has 0 aromatic heterocycles. The molecule has 1 rings (SSSR count). The number of likely N-dealkylation sites (tertiary alicyclic amines) is 1. The lowest BCUT2D eigenvalue weighted by Gasteiger charge is -2.34. The first-order valence-electron chi connectivity index (χ1n) is 5.71. The second-order valence-corrected chi connectivity index (χ2v) is 4.63. The van der Waals surface area contributed by atoms with Crippen LogP contribution in [0.3, 0.4) is 0 Å². The Kier molecular flexibility index (Phi) is 4.59. The third-order valence-electron chi connectivity index (χ3n) is 3.24. The van der Waals surface area contributed by atoms with Gasteiger partial charge in [-0.15, -0.1) is 0 Å². The van der Waals surface area contributed by atoms with Crippen molar-refractivity contribution in [3.63, 3.8) is 0 Å². The molecule has 0 aliphatic carbocycles. The molecule has 0 amide bonds. The lowest BCUT2D eigenvalue weighted by atomic mass is 9.82. The zero-order valence-electron chi connectivity index (χ0n) is 9.50. The van der Waals surface area contributed by atoms with Crippen LogP contribution in [0, 0.1) is 28.1 Å². The maximum Gasteiger partial charge on any atom is 0.0687 e. The lowest BCUT2D eigenvalue weighted by Crippen LogP contribution is -2.38. The van der Waals surface area contributed by atoms with Crippen LogP contribution in [0.25, 0.3) is 0 Å². The zero-order valence-corrected chi connectivity index (χ0v) is 9.50. The second-order valence-electron chi connectivity index (χ2n) is 4.63. The largest absolute Gasteiger partial charge is 0.303 e. The van der Waals surface area contributed by atoms with Gasteiger partial charge in [0.05, 0.1) is 17.6 Å². The fourth-order valence-electron chi connectivity index (χ4n) is 1.92. The Morgan fingerprint density at radius 3 is 2.40 bits per heavy atom. The van der Waals surface area contributed by atoms with E-state index in [4.69, 9.17) is 10.5 Å². The summed E-state index contributed by atoms with van der Waals surface area (Å²) in [4.78, 5) is 2.41. The number of hydrogen-bond acceptors (Lipinski definition) is 3. The van der Waals surface area contributed by atoms with Gasteiger partial charge in [0.1, 0.15) is 0 Å². The van der Waals surface area contributed by atoms with Gasteiger partial charge < -0.3 is 4.90 Å². The Morgan fingerprint density at radius 1 is 1.20 bits per heavy atom. The highest BCUT2D eigenvalue weighted by Crippen LogP contribution is 2.29. The van der Waals surface area contributed by atoms with Crippen molar-refractivity contribution in [2.75, 3.05) is 19.6 Å². The minimum atomic E-state index is -0.0941. The molecule has 1 fully saturated rings. The van der Waals surface area contributed by atoms with E-state index in [1.807, 2.05) is 0 Å². The van der Waals surface area contributed by atoms with E-state index in [9.17, 15) is 0 Å². The van der Waals surface area contributed by atoms with Crippen LogP contribution in [0.2, 0.25) is 0 Å². The molecule has 1 heterocycles. The second kappa shape index (κ2) is 5.73. The van der Waals surface area contributed by atoms with Gasteiger partial charge in [0, 0.05) is 6.42 Å². The Morgan fingerprint density at radius 2 is 1.87 bits per heavy atom. The Labute approximate surface area is 92.3 Å². The first-order valence-corrected chi connectivity index (χ1v) is 5.71. The van der Waals surface area contributed by atoms with Crippen LogP contribution in [0.4, 0.5) is 0 Å². The Bertz CT molecular complexity index is 264. The van der Waals surface area contributed by atoms with E-state index in [0.717, 1.165) is 45.3 Å². The molecular formula is C12H19N3. The molecule has 0 aromatic carbocycles. The van der Waals surface area contributed by atoms with Gasteiger partial charge >= 0.3 is 0 Å². The molecule has 82 valence electrons. The average Bonchev–Trinajstić information content (AvgIpc) is 2.27. The summed E-state index contributed by atoms with van der Waals surface area (Å²) in [5.74, 6) is 0. The lowest BCUT2D eigenvalue weighted by molar-refractivity contribution is 0.155. The summed E-state index contributed by atoms with van der Waals surface area (Å²) in [6.07, 6.45) is 4.76. The molecule has 1 saturated heterocycles. The molecule has 0 unspecified atom stereocenters. The number of rotatable bonds is 4. The van der Waals surface area contributed by atoms with Gasteiger partial charge in [0.25, 0.3) is 0 Å². The predicted molar refractivity (Wildman–Crippen MR) is 58.9 cm³/mol. The zero-order chi connectivity index (χ0) is 11.1. The molecule has 3 nitrogen and oxygen atoms in total. The van der Waals surface area contributed by atoms with Crippen molar-refractivity contribution < 1.29 is 0 Å². The van der Waals surface area contributed by atoms with E-state index in [1.165, 1.54) is 0 Å². The van der Waals surface area contributed by atoms with Crippen molar-refractivity contribution >= 4 is 0 Å². The fraction of sp³-hybridized carbons (Fsp3) is 0.833. The smallest absolute Gasteiger partial charge is 0.0687 e. The molecule has 1 aliphatic rings. The van der Waals surface area contributed by atoms with E-state index < -0.39 is 0 Å². The van der Waals surface area contributed by atoms with Crippen molar-refractivity contribution in [2.45, 2.75) is 39.0 Å². The van der Waals surface area contributed by atoms with Crippen LogP contribution in [0.1, 0.15) is 39.0 Å². The third-order valence-corrected chi connectivity index (χ3v) is 3.24. The molecule has 0 atom stereocenters. The van der Waals surface area contributed by atoms with Gasteiger partial charge in [0.15, 0.2) is 0 Å². The summed E-state index contributed by atoms with van der Waals surface area (Å²) in [5, 5.41) is 17.4. The van der Waals surface area contributed by atoms with Gasteiger partial charge in [-0.3, -0.25) is 0 Å². The molecule has 1 aliphatic heterocycles. The van der Waals surface area contributed by atoms with Crippen molar-refractivity contribution in [3.05, 3.63) is 0 Å². The van der Waals surface area contributed by atoms with Crippen molar-refractivity contribution in [1.29, 1.82) is 10.5 Å². The highest BCUT2D eigenvalue weighted by atomic mass is 15.1. The summed E-state index contributed by atoms with van der Waals surface area (Å²) in [6, 6.07) is 4.57.